The summed E-state index contributed by atoms with van der Waals surface area (Å²) in [6, 6.07) is 15.1. The number of carbonyl (C=O) groups is 2. The average molecular weight is 361 g/mol. The first-order valence-electron chi connectivity index (χ1n) is 8.61. The van der Waals surface area contributed by atoms with Crippen molar-refractivity contribution in [3.8, 4) is 5.75 Å². The molecule has 0 saturated heterocycles. The second-order valence-electron chi connectivity index (χ2n) is 6.38. The Morgan fingerprint density at radius 2 is 1.96 bits per heavy atom. The Bertz CT molecular complexity index is 1170. The number of benzene rings is 2. The first kappa shape index (κ1) is 16.9. The first-order chi connectivity index (χ1) is 13.1. The van der Waals surface area contributed by atoms with Crippen molar-refractivity contribution in [2.75, 3.05) is 7.11 Å². The Morgan fingerprint density at radius 1 is 1.15 bits per heavy atom. The summed E-state index contributed by atoms with van der Waals surface area (Å²) in [4.78, 5) is 27.8. The molecule has 0 saturated carbocycles. The van der Waals surface area contributed by atoms with Gasteiger partial charge < -0.3 is 15.0 Å². The van der Waals surface area contributed by atoms with E-state index in [-0.39, 0.29) is 11.8 Å². The maximum Gasteiger partial charge on any atom is 0.253 e. The van der Waals surface area contributed by atoms with E-state index in [9.17, 15) is 9.59 Å². The van der Waals surface area contributed by atoms with Gasteiger partial charge in [0.15, 0.2) is 0 Å². The van der Waals surface area contributed by atoms with Gasteiger partial charge >= 0.3 is 0 Å². The molecule has 4 rings (SSSR count). The predicted molar refractivity (Wildman–Crippen MR) is 104 cm³/mol. The average Bonchev–Trinajstić information content (AvgIpc) is 3.26. The number of fused-ring (bicyclic) bond motifs is 2. The van der Waals surface area contributed by atoms with Crippen molar-refractivity contribution >= 4 is 33.6 Å². The Kier molecular flexibility index (Phi) is 4.16. The zero-order chi connectivity index (χ0) is 19.0. The van der Waals surface area contributed by atoms with E-state index >= 15 is 0 Å². The summed E-state index contributed by atoms with van der Waals surface area (Å²) in [7, 11) is 1.63. The lowest BCUT2D eigenvalue weighted by Crippen LogP contribution is -2.22. The highest BCUT2D eigenvalue weighted by Crippen LogP contribution is 2.23. The van der Waals surface area contributed by atoms with Crippen LogP contribution in [0.5, 0.6) is 5.75 Å². The molecule has 4 aromatic rings. The maximum absolute atomic E-state index is 12.7. The molecule has 2 aromatic heterocycles. The van der Waals surface area contributed by atoms with Crippen LogP contribution in [0.1, 0.15) is 27.8 Å². The van der Waals surface area contributed by atoms with Gasteiger partial charge in [0.2, 0.25) is 5.91 Å². The highest BCUT2D eigenvalue weighted by atomic mass is 16.5. The number of nitrogens with one attached hydrogen (secondary N) is 2. The molecule has 27 heavy (non-hydrogen) atoms. The van der Waals surface area contributed by atoms with Crippen molar-refractivity contribution in [3.05, 3.63) is 66.0 Å². The van der Waals surface area contributed by atoms with Crippen LogP contribution in [0.25, 0.3) is 21.8 Å². The number of para-hydroxylation sites is 1. The molecule has 6 nitrogen and oxygen atoms in total. The number of ether oxygens (including phenoxy) is 1. The normalized spacial score (nSPS) is 11.0. The van der Waals surface area contributed by atoms with Crippen molar-refractivity contribution in [3.63, 3.8) is 0 Å². The van der Waals surface area contributed by atoms with Crippen LogP contribution in [0.4, 0.5) is 0 Å². The molecule has 0 unspecified atom stereocenters. The molecule has 136 valence electrons. The molecular formula is C21H19N3O3. The van der Waals surface area contributed by atoms with Gasteiger partial charge in [-0.25, -0.2) is 0 Å². The second kappa shape index (κ2) is 6.64. The Balaban J connectivity index is 1.58. The number of aromatic amines is 1. The van der Waals surface area contributed by atoms with Gasteiger partial charge in [0.1, 0.15) is 5.75 Å². The number of rotatable bonds is 4. The molecule has 1 amide bonds. The molecule has 2 heterocycles. The van der Waals surface area contributed by atoms with Gasteiger partial charge in [0.25, 0.3) is 5.91 Å². The summed E-state index contributed by atoms with van der Waals surface area (Å²) in [5.74, 6) is 0.436. The monoisotopic (exact) mass is 361 g/mol. The molecule has 0 aliphatic rings. The second-order valence-corrected chi connectivity index (χ2v) is 6.38. The molecule has 2 aromatic carbocycles. The van der Waals surface area contributed by atoms with Gasteiger partial charge in [0.05, 0.1) is 24.7 Å². The third kappa shape index (κ3) is 3.06. The molecule has 0 atom stereocenters. The lowest BCUT2D eigenvalue weighted by Gasteiger charge is -2.02. The minimum Gasteiger partial charge on any atom is -0.497 e. The van der Waals surface area contributed by atoms with E-state index in [1.54, 1.807) is 13.3 Å². The molecule has 2 N–H and O–H groups in total. The summed E-state index contributed by atoms with van der Waals surface area (Å²) < 4.78 is 6.74. The smallest absolute Gasteiger partial charge is 0.253 e. The van der Waals surface area contributed by atoms with E-state index in [0.29, 0.717) is 12.1 Å². The van der Waals surface area contributed by atoms with E-state index < -0.39 is 0 Å². The van der Waals surface area contributed by atoms with Crippen molar-refractivity contribution in [1.82, 2.24) is 14.9 Å². The lowest BCUT2D eigenvalue weighted by atomic mass is 10.1. The van der Waals surface area contributed by atoms with Gasteiger partial charge in [-0.05, 0) is 30.3 Å². The highest BCUT2D eigenvalue weighted by molar-refractivity contribution is 6.09. The van der Waals surface area contributed by atoms with Crippen LogP contribution < -0.4 is 10.1 Å². The van der Waals surface area contributed by atoms with Crippen LogP contribution in [0.2, 0.25) is 0 Å². The number of H-pyrrole nitrogens is 1. The third-order valence-corrected chi connectivity index (χ3v) is 4.62. The van der Waals surface area contributed by atoms with Crippen molar-refractivity contribution in [2.24, 2.45) is 0 Å². The van der Waals surface area contributed by atoms with E-state index in [1.807, 2.05) is 48.5 Å². The van der Waals surface area contributed by atoms with Crippen molar-refractivity contribution in [1.29, 1.82) is 0 Å². The van der Waals surface area contributed by atoms with E-state index in [1.165, 1.54) is 11.5 Å². The van der Waals surface area contributed by atoms with Crippen molar-refractivity contribution < 1.29 is 14.3 Å². The lowest BCUT2D eigenvalue weighted by molar-refractivity contribution is 0.0941. The summed E-state index contributed by atoms with van der Waals surface area (Å²) in [6.07, 6.45) is 1.60. The number of amides is 1. The largest absolute Gasteiger partial charge is 0.497 e. The molecule has 0 fully saturated rings. The molecular weight excluding hydrogens is 342 g/mol. The van der Waals surface area contributed by atoms with Crippen LogP contribution in [0.3, 0.4) is 0 Å². The minimum absolute atomic E-state index is 0.130. The molecule has 0 bridgehead atoms. The Labute approximate surface area is 155 Å². The summed E-state index contributed by atoms with van der Waals surface area (Å²) >= 11 is 0. The topological polar surface area (TPSA) is 76.1 Å². The van der Waals surface area contributed by atoms with Gasteiger partial charge in [-0.2, -0.15) is 0 Å². The van der Waals surface area contributed by atoms with Crippen LogP contribution in [-0.4, -0.2) is 28.5 Å². The number of carbonyl (C=O) groups excluding carboxylic acids is 2. The number of hydrogen-bond donors (Lipinski definition) is 2. The van der Waals surface area contributed by atoms with E-state index in [4.69, 9.17) is 4.74 Å². The van der Waals surface area contributed by atoms with Gasteiger partial charge in [0, 0.05) is 35.1 Å². The summed E-state index contributed by atoms with van der Waals surface area (Å²) in [5, 5.41) is 4.70. The summed E-state index contributed by atoms with van der Waals surface area (Å²) in [6.45, 7) is 1.84. The van der Waals surface area contributed by atoms with Crippen LogP contribution in [-0.2, 0) is 6.54 Å². The number of methoxy groups -OCH3 is 1. The zero-order valence-electron chi connectivity index (χ0n) is 15.1. The van der Waals surface area contributed by atoms with Gasteiger partial charge in [-0.15, -0.1) is 0 Å². The quantitative estimate of drug-likeness (QED) is 0.582. The van der Waals surface area contributed by atoms with Crippen LogP contribution in [0.15, 0.2) is 54.7 Å². The Hall–Kier alpha value is -3.54. The molecule has 0 aliphatic heterocycles. The molecule has 0 radical (unpaired) electrons. The van der Waals surface area contributed by atoms with Crippen LogP contribution >= 0.6 is 0 Å². The van der Waals surface area contributed by atoms with Crippen molar-refractivity contribution in [2.45, 2.75) is 13.5 Å². The summed E-state index contributed by atoms with van der Waals surface area (Å²) in [5.41, 5.74) is 3.08. The van der Waals surface area contributed by atoms with E-state index in [0.717, 1.165) is 33.2 Å². The first-order valence-corrected chi connectivity index (χ1v) is 8.61. The number of aromatic nitrogens is 2. The molecule has 0 aliphatic carbocycles. The molecule has 0 spiro atoms. The number of nitrogens with zero attached hydrogens (tertiary/aromatic N) is 1. The molecule has 6 heteroatoms. The van der Waals surface area contributed by atoms with Crippen LogP contribution in [0, 0.1) is 0 Å². The fourth-order valence-electron chi connectivity index (χ4n) is 3.28. The fourth-order valence-corrected chi connectivity index (χ4v) is 3.28. The highest BCUT2D eigenvalue weighted by Gasteiger charge is 2.16. The Morgan fingerprint density at radius 3 is 2.74 bits per heavy atom. The maximum atomic E-state index is 12.7. The van der Waals surface area contributed by atoms with Gasteiger partial charge in [-0.1, -0.05) is 18.2 Å². The third-order valence-electron chi connectivity index (χ3n) is 4.62. The standard InChI is InChI=1S/C21H19N3O3/c1-13(25)24-12-18(17-5-3-4-6-20(17)24)21(26)22-11-15-9-14-10-16(27-2)7-8-19(14)23-15/h3-10,12,23H,11H2,1-2H3,(H,22,26). The minimum atomic E-state index is -0.220. The predicted octanol–water partition coefficient (Wildman–Crippen LogP) is 3.72. The zero-order valence-corrected chi connectivity index (χ0v) is 15.1. The number of hydrogen-bond acceptors (Lipinski definition) is 3. The van der Waals surface area contributed by atoms with Gasteiger partial charge in [-0.3, -0.25) is 14.2 Å². The van der Waals surface area contributed by atoms with E-state index in [2.05, 4.69) is 10.3 Å². The SMILES string of the molecule is COc1ccc2[nH]c(CNC(=O)c3cn(C(C)=O)c4ccccc34)cc2c1. The fraction of sp³-hybridized carbons (Fsp3) is 0.143.